The molecule has 0 unspecified atom stereocenters. The highest BCUT2D eigenvalue weighted by Gasteiger charge is 2.05. The summed E-state index contributed by atoms with van der Waals surface area (Å²) in [6, 6.07) is 12.1. The third-order valence-corrected chi connectivity index (χ3v) is 3.32. The van der Waals surface area contributed by atoms with E-state index in [1.165, 1.54) is 0 Å². The summed E-state index contributed by atoms with van der Waals surface area (Å²) in [6.07, 6.45) is 0.690. The van der Waals surface area contributed by atoms with Crippen LogP contribution >= 0.6 is 11.6 Å². The van der Waals surface area contributed by atoms with Gasteiger partial charge in [0.15, 0.2) is 0 Å². The van der Waals surface area contributed by atoms with Gasteiger partial charge < -0.3 is 15.7 Å². The summed E-state index contributed by atoms with van der Waals surface area (Å²) in [5.74, 6) is 0.235. The van der Waals surface area contributed by atoms with E-state index in [0.717, 1.165) is 11.1 Å². The van der Waals surface area contributed by atoms with E-state index >= 15 is 0 Å². The number of carbonyl (C=O) groups excluding carboxylic acids is 1. The zero-order chi connectivity index (χ0) is 15.2. The largest absolute Gasteiger partial charge is 0.508 e. The lowest BCUT2D eigenvalue weighted by Crippen LogP contribution is -2.30. The van der Waals surface area contributed by atoms with Crippen molar-refractivity contribution in [3.05, 3.63) is 58.6 Å². The Bertz CT molecular complexity index is 627. The molecule has 21 heavy (non-hydrogen) atoms. The Hall–Kier alpha value is -2.20. The Labute approximate surface area is 128 Å². The number of halogens is 1. The van der Waals surface area contributed by atoms with Crippen LogP contribution in [0.4, 0.5) is 10.5 Å². The number of hydrogen-bond acceptors (Lipinski definition) is 2. The molecule has 0 saturated heterocycles. The van der Waals surface area contributed by atoms with E-state index in [2.05, 4.69) is 10.6 Å². The summed E-state index contributed by atoms with van der Waals surface area (Å²) < 4.78 is 0. The monoisotopic (exact) mass is 304 g/mol. The van der Waals surface area contributed by atoms with Crippen LogP contribution < -0.4 is 10.6 Å². The lowest BCUT2D eigenvalue weighted by Gasteiger charge is -2.09. The first-order chi connectivity index (χ1) is 10.0. The molecular weight excluding hydrogens is 288 g/mol. The number of benzene rings is 2. The standard InChI is InChI=1S/C16H17ClN2O2/c1-11-2-7-15(14(17)10-11)19-16(21)18-9-8-12-3-5-13(20)6-4-12/h2-7,10,20H,8-9H2,1H3,(H2,18,19,21). The fourth-order valence-corrected chi connectivity index (χ4v) is 2.15. The van der Waals surface area contributed by atoms with Crippen LogP contribution in [0.25, 0.3) is 0 Å². The molecule has 2 rings (SSSR count). The van der Waals surface area contributed by atoms with Crippen LogP contribution in [0, 0.1) is 6.92 Å². The highest BCUT2D eigenvalue weighted by molar-refractivity contribution is 6.33. The van der Waals surface area contributed by atoms with Crippen molar-refractivity contribution in [3.63, 3.8) is 0 Å². The zero-order valence-electron chi connectivity index (χ0n) is 11.7. The number of hydrogen-bond donors (Lipinski definition) is 3. The number of carbonyl (C=O) groups is 1. The van der Waals surface area contributed by atoms with Crippen LogP contribution in [0.15, 0.2) is 42.5 Å². The number of phenolic OH excluding ortho intramolecular Hbond substituents is 1. The van der Waals surface area contributed by atoms with Gasteiger partial charge in [-0.15, -0.1) is 0 Å². The molecule has 110 valence electrons. The van der Waals surface area contributed by atoms with Crippen LogP contribution in [0.2, 0.25) is 5.02 Å². The first-order valence-corrected chi connectivity index (χ1v) is 7.01. The molecule has 0 heterocycles. The second-order valence-corrected chi connectivity index (χ2v) is 5.19. The van der Waals surface area contributed by atoms with Gasteiger partial charge in [0, 0.05) is 6.54 Å². The lowest BCUT2D eigenvalue weighted by atomic mass is 10.1. The molecule has 0 spiro atoms. The van der Waals surface area contributed by atoms with Gasteiger partial charge in [-0.3, -0.25) is 0 Å². The quantitative estimate of drug-likeness (QED) is 0.806. The minimum Gasteiger partial charge on any atom is -0.508 e. The van der Waals surface area contributed by atoms with Crippen molar-refractivity contribution in [1.82, 2.24) is 5.32 Å². The van der Waals surface area contributed by atoms with E-state index in [1.54, 1.807) is 24.3 Å². The summed E-state index contributed by atoms with van der Waals surface area (Å²) in [7, 11) is 0. The highest BCUT2D eigenvalue weighted by Crippen LogP contribution is 2.22. The van der Waals surface area contributed by atoms with Gasteiger partial charge in [0.1, 0.15) is 5.75 Å². The van der Waals surface area contributed by atoms with Gasteiger partial charge in [-0.2, -0.15) is 0 Å². The molecular formula is C16H17ClN2O2. The third-order valence-electron chi connectivity index (χ3n) is 3.01. The highest BCUT2D eigenvalue weighted by atomic mass is 35.5. The Balaban J connectivity index is 1.81. The summed E-state index contributed by atoms with van der Waals surface area (Å²) in [5, 5.41) is 15.2. The molecule has 2 aromatic rings. The molecule has 2 amide bonds. The van der Waals surface area contributed by atoms with Crippen molar-refractivity contribution >= 4 is 23.3 Å². The molecule has 0 saturated carbocycles. The molecule has 0 aliphatic heterocycles. The Kier molecular flexibility index (Phi) is 5.06. The van der Waals surface area contributed by atoms with Crippen molar-refractivity contribution in [2.75, 3.05) is 11.9 Å². The molecule has 0 aliphatic carbocycles. The molecule has 3 N–H and O–H groups in total. The van der Waals surface area contributed by atoms with Crippen molar-refractivity contribution in [1.29, 1.82) is 0 Å². The van der Waals surface area contributed by atoms with Crippen LogP contribution in [-0.2, 0) is 6.42 Å². The maximum Gasteiger partial charge on any atom is 0.319 e. The van der Waals surface area contributed by atoms with Crippen LogP contribution in [0.1, 0.15) is 11.1 Å². The van der Waals surface area contributed by atoms with E-state index in [1.807, 2.05) is 25.1 Å². The first-order valence-electron chi connectivity index (χ1n) is 6.63. The van der Waals surface area contributed by atoms with Gasteiger partial charge in [-0.1, -0.05) is 29.8 Å². The second-order valence-electron chi connectivity index (χ2n) is 4.78. The van der Waals surface area contributed by atoms with Crippen LogP contribution in [0.3, 0.4) is 0 Å². The number of nitrogens with one attached hydrogen (secondary N) is 2. The van der Waals surface area contributed by atoms with E-state index in [0.29, 0.717) is 23.7 Å². The number of rotatable bonds is 4. The Morgan fingerprint density at radius 1 is 1.19 bits per heavy atom. The molecule has 0 atom stereocenters. The lowest BCUT2D eigenvalue weighted by molar-refractivity contribution is 0.252. The van der Waals surface area contributed by atoms with Crippen molar-refractivity contribution in [3.8, 4) is 5.75 Å². The predicted octanol–water partition coefficient (Wildman–Crippen LogP) is 3.72. The molecule has 5 heteroatoms. The van der Waals surface area contributed by atoms with Crippen molar-refractivity contribution in [2.24, 2.45) is 0 Å². The smallest absolute Gasteiger partial charge is 0.319 e. The first kappa shape index (κ1) is 15.2. The summed E-state index contributed by atoms with van der Waals surface area (Å²) >= 11 is 6.05. The number of amides is 2. The summed E-state index contributed by atoms with van der Waals surface area (Å²) in [6.45, 7) is 2.44. The number of phenols is 1. The SMILES string of the molecule is Cc1ccc(NC(=O)NCCc2ccc(O)cc2)c(Cl)c1. The van der Waals surface area contributed by atoms with E-state index in [9.17, 15) is 9.90 Å². The number of aryl methyl sites for hydroxylation is 1. The van der Waals surface area contributed by atoms with E-state index < -0.39 is 0 Å². The Morgan fingerprint density at radius 2 is 1.90 bits per heavy atom. The number of anilines is 1. The maximum absolute atomic E-state index is 11.8. The molecule has 0 aromatic heterocycles. The summed E-state index contributed by atoms with van der Waals surface area (Å²) in [5.41, 5.74) is 2.67. The minimum absolute atomic E-state index is 0.235. The molecule has 0 fully saturated rings. The molecule has 4 nitrogen and oxygen atoms in total. The number of aromatic hydroxyl groups is 1. The second kappa shape index (κ2) is 6.99. The third kappa shape index (κ3) is 4.68. The maximum atomic E-state index is 11.8. The van der Waals surface area contributed by atoms with Gasteiger partial charge >= 0.3 is 6.03 Å². The molecule has 0 aliphatic rings. The summed E-state index contributed by atoms with van der Waals surface area (Å²) in [4.78, 5) is 11.8. The fourth-order valence-electron chi connectivity index (χ4n) is 1.87. The predicted molar refractivity (Wildman–Crippen MR) is 85.0 cm³/mol. The normalized spacial score (nSPS) is 10.2. The van der Waals surface area contributed by atoms with E-state index in [4.69, 9.17) is 11.6 Å². The fraction of sp³-hybridized carbons (Fsp3) is 0.188. The minimum atomic E-state index is -0.292. The van der Waals surface area contributed by atoms with Crippen LogP contribution in [-0.4, -0.2) is 17.7 Å². The van der Waals surface area contributed by atoms with Gasteiger partial charge in [-0.05, 0) is 48.7 Å². The van der Waals surface area contributed by atoms with Crippen LogP contribution in [0.5, 0.6) is 5.75 Å². The van der Waals surface area contributed by atoms with Gasteiger partial charge in [-0.25, -0.2) is 4.79 Å². The van der Waals surface area contributed by atoms with Gasteiger partial charge in [0.2, 0.25) is 0 Å². The molecule has 0 bridgehead atoms. The topological polar surface area (TPSA) is 61.4 Å². The van der Waals surface area contributed by atoms with Crippen molar-refractivity contribution in [2.45, 2.75) is 13.3 Å². The average Bonchev–Trinajstić information content (AvgIpc) is 2.44. The molecule has 0 radical (unpaired) electrons. The van der Waals surface area contributed by atoms with Crippen molar-refractivity contribution < 1.29 is 9.90 Å². The average molecular weight is 305 g/mol. The number of urea groups is 1. The van der Waals surface area contributed by atoms with E-state index in [-0.39, 0.29) is 11.8 Å². The van der Waals surface area contributed by atoms with Gasteiger partial charge in [0.05, 0.1) is 10.7 Å². The van der Waals surface area contributed by atoms with Gasteiger partial charge in [0.25, 0.3) is 0 Å². The zero-order valence-corrected chi connectivity index (χ0v) is 12.4. The molecule has 2 aromatic carbocycles. The Morgan fingerprint density at radius 3 is 2.57 bits per heavy atom.